The van der Waals surface area contributed by atoms with Crippen LogP contribution in [0.2, 0.25) is 0 Å². The van der Waals surface area contributed by atoms with Gasteiger partial charge >= 0.3 is 0 Å². The number of hydrogen-bond acceptors (Lipinski definition) is 7. The molecule has 3 heterocycles. The lowest BCUT2D eigenvalue weighted by Crippen LogP contribution is -2.42. The molecule has 1 aliphatic rings. The zero-order valence-electron chi connectivity index (χ0n) is 13.4. The van der Waals surface area contributed by atoms with Crippen LogP contribution in [0.5, 0.6) is 0 Å². The van der Waals surface area contributed by atoms with E-state index in [9.17, 15) is 4.79 Å². The summed E-state index contributed by atoms with van der Waals surface area (Å²) in [5, 5.41) is 3.76. The molecule has 23 heavy (non-hydrogen) atoms. The van der Waals surface area contributed by atoms with Gasteiger partial charge in [-0.3, -0.25) is 4.79 Å². The quantitative estimate of drug-likeness (QED) is 0.836. The van der Waals surface area contributed by atoms with Gasteiger partial charge in [0.15, 0.2) is 0 Å². The van der Waals surface area contributed by atoms with Crippen molar-refractivity contribution in [1.29, 1.82) is 0 Å². The van der Waals surface area contributed by atoms with Gasteiger partial charge < -0.3 is 19.1 Å². The lowest BCUT2D eigenvalue weighted by atomic mass is 10.2. The molecule has 122 valence electrons. The second kappa shape index (κ2) is 6.33. The minimum Gasteiger partial charge on any atom is -0.368 e. The Hall–Kier alpha value is -2.48. The average Bonchev–Trinajstić information content (AvgIpc) is 3.01. The largest absolute Gasteiger partial charge is 0.368 e. The molecule has 8 nitrogen and oxygen atoms in total. The molecule has 2 aromatic heterocycles. The summed E-state index contributed by atoms with van der Waals surface area (Å²) in [6.45, 7) is 3.17. The smallest absolute Gasteiger partial charge is 0.292 e. The van der Waals surface area contributed by atoms with Crippen LogP contribution in [0.3, 0.4) is 0 Å². The van der Waals surface area contributed by atoms with Gasteiger partial charge in [0.05, 0.1) is 24.5 Å². The molecule has 0 aliphatic carbocycles. The maximum absolute atomic E-state index is 12.5. The average molecular weight is 317 g/mol. The van der Waals surface area contributed by atoms with E-state index in [-0.39, 0.29) is 17.8 Å². The summed E-state index contributed by atoms with van der Waals surface area (Å²) < 4.78 is 10.8. The highest BCUT2D eigenvalue weighted by molar-refractivity contribution is 5.91. The van der Waals surface area contributed by atoms with Crippen molar-refractivity contribution in [3.63, 3.8) is 0 Å². The van der Waals surface area contributed by atoms with Gasteiger partial charge in [-0.2, -0.15) is 0 Å². The summed E-state index contributed by atoms with van der Waals surface area (Å²) in [6.07, 6.45) is 1.42. The van der Waals surface area contributed by atoms with E-state index in [4.69, 9.17) is 9.26 Å². The van der Waals surface area contributed by atoms with E-state index in [0.717, 1.165) is 5.69 Å². The molecule has 0 unspecified atom stereocenters. The van der Waals surface area contributed by atoms with Gasteiger partial charge in [0.25, 0.3) is 5.91 Å². The third kappa shape index (κ3) is 3.31. The van der Waals surface area contributed by atoms with Gasteiger partial charge in [0, 0.05) is 32.9 Å². The van der Waals surface area contributed by atoms with Crippen LogP contribution in [0.4, 0.5) is 5.95 Å². The van der Waals surface area contributed by atoms with Crippen molar-refractivity contribution in [3.8, 4) is 0 Å². The highest BCUT2D eigenvalue weighted by Crippen LogP contribution is 2.22. The van der Waals surface area contributed by atoms with Crippen LogP contribution in [0.15, 0.2) is 22.9 Å². The Kier molecular flexibility index (Phi) is 4.24. The van der Waals surface area contributed by atoms with Gasteiger partial charge in [-0.15, -0.1) is 0 Å². The molecule has 1 atom stereocenters. The predicted octanol–water partition coefficient (Wildman–Crippen LogP) is 1.05. The summed E-state index contributed by atoms with van der Waals surface area (Å²) in [5.41, 5.74) is 1.44. The van der Waals surface area contributed by atoms with E-state index < -0.39 is 0 Å². The molecule has 1 amide bonds. The summed E-state index contributed by atoms with van der Waals surface area (Å²) in [4.78, 5) is 24.7. The fourth-order valence-corrected chi connectivity index (χ4v) is 2.39. The highest BCUT2D eigenvalue weighted by Gasteiger charge is 2.29. The Morgan fingerprint density at radius 1 is 1.43 bits per heavy atom. The minimum absolute atomic E-state index is 0.180. The number of carbonyl (C=O) groups is 1. The number of anilines is 1. The van der Waals surface area contributed by atoms with Crippen LogP contribution in [0, 0.1) is 6.92 Å². The SMILES string of the molecule is Cc1cc(C(=O)N2CCO[C@H](c3ccnc(N(C)C)n3)C2)on1. The molecule has 3 rings (SSSR count). The first kappa shape index (κ1) is 15.4. The van der Waals surface area contributed by atoms with Gasteiger partial charge in [-0.1, -0.05) is 5.16 Å². The third-order valence-corrected chi connectivity index (χ3v) is 3.59. The monoisotopic (exact) mass is 317 g/mol. The van der Waals surface area contributed by atoms with Gasteiger partial charge in [0.1, 0.15) is 6.10 Å². The van der Waals surface area contributed by atoms with E-state index in [0.29, 0.717) is 31.3 Å². The molecule has 1 saturated heterocycles. The molecule has 1 fully saturated rings. The molecular weight excluding hydrogens is 298 g/mol. The predicted molar refractivity (Wildman–Crippen MR) is 82.2 cm³/mol. The first-order chi connectivity index (χ1) is 11.0. The zero-order valence-corrected chi connectivity index (χ0v) is 13.4. The lowest BCUT2D eigenvalue weighted by Gasteiger charge is -2.32. The van der Waals surface area contributed by atoms with Crippen LogP contribution in [-0.2, 0) is 4.74 Å². The second-order valence-electron chi connectivity index (χ2n) is 5.62. The maximum Gasteiger partial charge on any atom is 0.292 e. The number of nitrogens with zero attached hydrogens (tertiary/aromatic N) is 5. The normalized spacial score (nSPS) is 18.0. The number of carbonyl (C=O) groups excluding carboxylic acids is 1. The second-order valence-corrected chi connectivity index (χ2v) is 5.62. The van der Waals surface area contributed by atoms with Crippen LogP contribution >= 0.6 is 0 Å². The molecular formula is C15H19N5O3. The number of ether oxygens (including phenoxy) is 1. The zero-order chi connectivity index (χ0) is 16.4. The third-order valence-electron chi connectivity index (χ3n) is 3.59. The van der Waals surface area contributed by atoms with Crippen LogP contribution < -0.4 is 4.90 Å². The minimum atomic E-state index is -0.279. The molecule has 0 spiro atoms. The molecule has 1 aliphatic heterocycles. The van der Waals surface area contributed by atoms with Crippen LogP contribution in [-0.4, -0.2) is 59.7 Å². The van der Waals surface area contributed by atoms with Crippen molar-refractivity contribution in [2.45, 2.75) is 13.0 Å². The summed E-state index contributed by atoms with van der Waals surface area (Å²) >= 11 is 0. The number of rotatable bonds is 3. The Bertz CT molecular complexity index is 700. The van der Waals surface area contributed by atoms with Crippen molar-refractivity contribution in [2.24, 2.45) is 0 Å². The number of aryl methyl sites for hydroxylation is 1. The molecule has 0 bridgehead atoms. The summed E-state index contributed by atoms with van der Waals surface area (Å²) in [7, 11) is 3.76. The van der Waals surface area contributed by atoms with E-state index in [1.165, 1.54) is 0 Å². The molecule has 0 radical (unpaired) electrons. The van der Waals surface area contributed by atoms with Crippen molar-refractivity contribution in [1.82, 2.24) is 20.0 Å². The van der Waals surface area contributed by atoms with Gasteiger partial charge in [-0.25, -0.2) is 9.97 Å². The van der Waals surface area contributed by atoms with E-state index in [2.05, 4.69) is 15.1 Å². The molecule has 0 aromatic carbocycles. The van der Waals surface area contributed by atoms with Crippen molar-refractivity contribution < 1.29 is 14.1 Å². The fourth-order valence-electron chi connectivity index (χ4n) is 2.39. The first-order valence-corrected chi connectivity index (χ1v) is 7.39. The highest BCUT2D eigenvalue weighted by atomic mass is 16.5. The number of amides is 1. The molecule has 2 aromatic rings. The molecule has 0 N–H and O–H groups in total. The van der Waals surface area contributed by atoms with E-state index in [1.54, 1.807) is 24.1 Å². The van der Waals surface area contributed by atoms with Crippen molar-refractivity contribution in [2.75, 3.05) is 38.7 Å². The van der Waals surface area contributed by atoms with E-state index >= 15 is 0 Å². The molecule has 0 saturated carbocycles. The Morgan fingerprint density at radius 2 is 2.26 bits per heavy atom. The standard InChI is InChI=1S/C15H19N5O3/c1-10-8-12(23-18-10)14(21)20-6-7-22-13(9-20)11-4-5-16-15(17-11)19(2)3/h4-5,8,13H,6-7,9H2,1-3H3/t13-/m0/s1. The van der Waals surface area contributed by atoms with Crippen molar-refractivity contribution in [3.05, 3.63) is 35.5 Å². The van der Waals surface area contributed by atoms with E-state index in [1.807, 2.05) is 25.1 Å². The number of hydrogen-bond donors (Lipinski definition) is 0. The van der Waals surface area contributed by atoms with Crippen LogP contribution in [0.1, 0.15) is 28.0 Å². The number of morpholine rings is 1. The Morgan fingerprint density at radius 3 is 2.96 bits per heavy atom. The first-order valence-electron chi connectivity index (χ1n) is 7.39. The number of aromatic nitrogens is 3. The topological polar surface area (TPSA) is 84.6 Å². The summed E-state index contributed by atoms with van der Waals surface area (Å²) in [6, 6.07) is 3.45. The van der Waals surface area contributed by atoms with Gasteiger partial charge in [-0.05, 0) is 13.0 Å². The van der Waals surface area contributed by atoms with Crippen molar-refractivity contribution >= 4 is 11.9 Å². The van der Waals surface area contributed by atoms with Gasteiger partial charge in [0.2, 0.25) is 11.7 Å². The Labute approximate surface area is 134 Å². The lowest BCUT2D eigenvalue weighted by molar-refractivity contribution is -0.0258. The molecule has 8 heteroatoms. The summed E-state index contributed by atoms with van der Waals surface area (Å²) in [5.74, 6) is 0.681. The van der Waals surface area contributed by atoms with Crippen LogP contribution in [0.25, 0.3) is 0 Å². The Balaban J connectivity index is 1.75. The maximum atomic E-state index is 12.5. The fraction of sp³-hybridized carbons (Fsp3) is 0.467.